The molecular weight excluding hydrogens is 258 g/mol. The maximum Gasteiger partial charge on any atom is 0.410 e. The van der Waals surface area contributed by atoms with E-state index < -0.39 is 5.60 Å². The molecule has 6 nitrogen and oxygen atoms in total. The van der Waals surface area contributed by atoms with E-state index in [1.165, 1.54) is 0 Å². The van der Waals surface area contributed by atoms with Crippen LogP contribution < -0.4 is 5.73 Å². The summed E-state index contributed by atoms with van der Waals surface area (Å²) in [6.45, 7) is 9.28. The fourth-order valence-corrected chi connectivity index (χ4v) is 2.38. The van der Waals surface area contributed by atoms with Crippen LogP contribution in [-0.2, 0) is 9.53 Å². The first-order valence-electron chi connectivity index (χ1n) is 7.26. The number of hydrogen-bond acceptors (Lipinski definition) is 4. The molecule has 0 aromatic carbocycles. The van der Waals surface area contributed by atoms with Gasteiger partial charge in [-0.3, -0.25) is 4.79 Å². The van der Waals surface area contributed by atoms with E-state index in [4.69, 9.17) is 10.5 Å². The van der Waals surface area contributed by atoms with Crippen LogP contribution in [0.1, 0.15) is 40.5 Å². The third kappa shape index (κ3) is 4.67. The number of carbonyl (C=O) groups is 2. The van der Waals surface area contributed by atoms with Crippen molar-refractivity contribution < 1.29 is 14.3 Å². The second kappa shape index (κ2) is 6.92. The summed E-state index contributed by atoms with van der Waals surface area (Å²) >= 11 is 0. The lowest BCUT2D eigenvalue weighted by atomic mass is 10.2. The van der Waals surface area contributed by atoms with Crippen molar-refractivity contribution in [1.82, 2.24) is 9.80 Å². The van der Waals surface area contributed by atoms with Gasteiger partial charge < -0.3 is 20.3 Å². The Hall–Kier alpha value is -1.30. The van der Waals surface area contributed by atoms with Crippen LogP contribution in [0.2, 0.25) is 0 Å². The first kappa shape index (κ1) is 16.8. The number of nitrogens with zero attached hydrogens (tertiary/aromatic N) is 2. The molecule has 20 heavy (non-hydrogen) atoms. The molecule has 1 rings (SSSR count). The Morgan fingerprint density at radius 2 is 2.05 bits per heavy atom. The lowest BCUT2D eigenvalue weighted by Crippen LogP contribution is -2.47. The number of nitrogens with two attached hydrogens (primary N) is 1. The molecule has 2 N–H and O–H groups in total. The third-order valence-corrected chi connectivity index (χ3v) is 3.34. The Kier molecular flexibility index (Phi) is 5.80. The minimum atomic E-state index is -0.507. The monoisotopic (exact) mass is 285 g/mol. The number of hydrogen-bond donors (Lipinski definition) is 1. The smallest absolute Gasteiger partial charge is 0.410 e. The molecule has 0 radical (unpaired) electrons. The van der Waals surface area contributed by atoms with Crippen molar-refractivity contribution in [2.24, 2.45) is 5.73 Å². The van der Waals surface area contributed by atoms with Gasteiger partial charge in [0.2, 0.25) is 5.91 Å². The van der Waals surface area contributed by atoms with E-state index in [1.54, 1.807) is 9.80 Å². The van der Waals surface area contributed by atoms with E-state index in [0.29, 0.717) is 13.1 Å². The predicted molar refractivity (Wildman–Crippen MR) is 77.3 cm³/mol. The van der Waals surface area contributed by atoms with E-state index in [-0.39, 0.29) is 24.6 Å². The molecule has 1 heterocycles. The molecule has 1 aliphatic heterocycles. The summed E-state index contributed by atoms with van der Waals surface area (Å²) in [7, 11) is 0. The van der Waals surface area contributed by atoms with Crippen molar-refractivity contribution in [3.63, 3.8) is 0 Å². The Balaban J connectivity index is 2.63. The number of likely N-dealkylation sites (N-methyl/N-ethyl adjacent to an activating group) is 1. The zero-order valence-electron chi connectivity index (χ0n) is 13.0. The molecule has 6 heteroatoms. The van der Waals surface area contributed by atoms with Gasteiger partial charge in [-0.15, -0.1) is 0 Å². The summed E-state index contributed by atoms with van der Waals surface area (Å²) < 4.78 is 5.38. The highest BCUT2D eigenvalue weighted by atomic mass is 16.6. The van der Waals surface area contributed by atoms with Gasteiger partial charge in [0.05, 0.1) is 6.54 Å². The molecule has 0 aromatic rings. The van der Waals surface area contributed by atoms with Crippen LogP contribution in [0, 0.1) is 0 Å². The second-order valence-corrected chi connectivity index (χ2v) is 6.11. The summed E-state index contributed by atoms with van der Waals surface area (Å²) in [5, 5.41) is 0. The maximum absolute atomic E-state index is 12.1. The van der Waals surface area contributed by atoms with Gasteiger partial charge in [0.1, 0.15) is 5.60 Å². The molecule has 1 fully saturated rings. The normalized spacial score (nSPS) is 19.1. The second-order valence-electron chi connectivity index (χ2n) is 6.11. The Morgan fingerprint density at radius 1 is 1.40 bits per heavy atom. The maximum atomic E-state index is 12.1. The molecule has 0 spiro atoms. The first-order valence-corrected chi connectivity index (χ1v) is 7.26. The van der Waals surface area contributed by atoms with Gasteiger partial charge in [0, 0.05) is 25.7 Å². The summed E-state index contributed by atoms with van der Waals surface area (Å²) in [4.78, 5) is 27.3. The molecule has 1 saturated heterocycles. The lowest BCUT2D eigenvalue weighted by molar-refractivity contribution is -0.130. The fraction of sp³-hybridized carbons (Fsp3) is 0.857. The standard InChI is InChI=1S/C14H27N3O3/c1-5-16(13(19)20-14(2,3)4)10-11-7-6-8-17(11)12(18)9-15/h11H,5-10,15H2,1-4H3/t11-/m0/s1. The summed E-state index contributed by atoms with van der Waals surface area (Å²) in [6.07, 6.45) is 1.54. The van der Waals surface area contributed by atoms with Crippen molar-refractivity contribution in [2.45, 2.75) is 52.2 Å². The van der Waals surface area contributed by atoms with Gasteiger partial charge in [0.15, 0.2) is 0 Å². The van der Waals surface area contributed by atoms with Crippen LogP contribution >= 0.6 is 0 Å². The summed E-state index contributed by atoms with van der Waals surface area (Å²) in [5.74, 6) is -0.0484. The third-order valence-electron chi connectivity index (χ3n) is 3.34. The van der Waals surface area contributed by atoms with Crippen LogP contribution in [0.25, 0.3) is 0 Å². The van der Waals surface area contributed by atoms with Gasteiger partial charge in [-0.25, -0.2) is 4.79 Å². The van der Waals surface area contributed by atoms with Crippen molar-refractivity contribution in [3.8, 4) is 0 Å². The molecule has 0 aromatic heterocycles. The Labute approximate surface area is 121 Å². The van der Waals surface area contributed by atoms with Gasteiger partial charge in [-0.2, -0.15) is 0 Å². The van der Waals surface area contributed by atoms with E-state index in [9.17, 15) is 9.59 Å². The molecule has 2 amide bonds. The van der Waals surface area contributed by atoms with E-state index in [0.717, 1.165) is 19.4 Å². The average Bonchev–Trinajstić information content (AvgIpc) is 2.80. The fourth-order valence-electron chi connectivity index (χ4n) is 2.38. The molecular formula is C14H27N3O3. The minimum Gasteiger partial charge on any atom is -0.444 e. The lowest BCUT2D eigenvalue weighted by Gasteiger charge is -2.31. The molecule has 0 aliphatic carbocycles. The highest BCUT2D eigenvalue weighted by Crippen LogP contribution is 2.19. The predicted octanol–water partition coefficient (Wildman–Crippen LogP) is 1.19. The molecule has 0 unspecified atom stereocenters. The van der Waals surface area contributed by atoms with Crippen LogP contribution in [-0.4, -0.2) is 59.6 Å². The number of ether oxygens (including phenoxy) is 1. The molecule has 1 aliphatic rings. The van der Waals surface area contributed by atoms with Crippen LogP contribution in [0.4, 0.5) is 4.79 Å². The molecule has 0 saturated carbocycles. The van der Waals surface area contributed by atoms with Gasteiger partial charge in [-0.05, 0) is 40.5 Å². The van der Waals surface area contributed by atoms with E-state index >= 15 is 0 Å². The SMILES string of the molecule is CCN(C[C@@H]1CCCN1C(=O)CN)C(=O)OC(C)(C)C. The van der Waals surface area contributed by atoms with Crippen molar-refractivity contribution in [2.75, 3.05) is 26.2 Å². The number of amides is 2. The quantitative estimate of drug-likeness (QED) is 0.842. The van der Waals surface area contributed by atoms with E-state index in [2.05, 4.69) is 0 Å². The highest BCUT2D eigenvalue weighted by molar-refractivity contribution is 5.78. The van der Waals surface area contributed by atoms with Crippen LogP contribution in [0.3, 0.4) is 0 Å². The molecule has 1 atom stereocenters. The largest absolute Gasteiger partial charge is 0.444 e. The van der Waals surface area contributed by atoms with Gasteiger partial charge in [-0.1, -0.05) is 0 Å². The topological polar surface area (TPSA) is 75.9 Å². The number of likely N-dealkylation sites (tertiary alicyclic amines) is 1. The van der Waals surface area contributed by atoms with Crippen molar-refractivity contribution in [1.29, 1.82) is 0 Å². The number of rotatable bonds is 4. The summed E-state index contributed by atoms with van der Waals surface area (Å²) in [5.41, 5.74) is 4.92. The minimum absolute atomic E-state index is 0.0229. The first-order chi connectivity index (χ1) is 9.28. The van der Waals surface area contributed by atoms with Crippen molar-refractivity contribution >= 4 is 12.0 Å². The average molecular weight is 285 g/mol. The zero-order valence-corrected chi connectivity index (χ0v) is 13.0. The van der Waals surface area contributed by atoms with Crippen molar-refractivity contribution in [3.05, 3.63) is 0 Å². The van der Waals surface area contributed by atoms with Crippen LogP contribution in [0.5, 0.6) is 0 Å². The Morgan fingerprint density at radius 3 is 2.55 bits per heavy atom. The molecule has 0 bridgehead atoms. The molecule has 116 valence electrons. The van der Waals surface area contributed by atoms with Crippen LogP contribution in [0.15, 0.2) is 0 Å². The highest BCUT2D eigenvalue weighted by Gasteiger charge is 2.31. The summed E-state index contributed by atoms with van der Waals surface area (Å²) in [6, 6.07) is 0.0542. The Bertz CT molecular complexity index is 352. The van der Waals surface area contributed by atoms with E-state index in [1.807, 2.05) is 27.7 Å². The zero-order chi connectivity index (χ0) is 15.3. The van der Waals surface area contributed by atoms with Gasteiger partial charge in [0.25, 0.3) is 0 Å². The number of carbonyl (C=O) groups excluding carboxylic acids is 2. The van der Waals surface area contributed by atoms with Gasteiger partial charge >= 0.3 is 6.09 Å².